The molecule has 0 fully saturated rings. The van der Waals surface area contributed by atoms with E-state index >= 15 is 0 Å². The van der Waals surface area contributed by atoms with Gasteiger partial charge in [0.15, 0.2) is 0 Å². The van der Waals surface area contributed by atoms with Crippen molar-refractivity contribution >= 4 is 6.01 Å². The van der Waals surface area contributed by atoms with Crippen LogP contribution in [0.2, 0.25) is 0 Å². The third kappa shape index (κ3) is 9.38. The molecule has 0 spiro atoms. The second-order valence-corrected chi connectivity index (χ2v) is 3.57. The smallest absolute Gasteiger partial charge is 0.0892 e. The SMILES string of the molecule is CC(C)CN=C=NCC(C)C. The van der Waals surface area contributed by atoms with E-state index in [0.717, 1.165) is 13.1 Å². The molecule has 2 heteroatoms. The van der Waals surface area contributed by atoms with E-state index in [-0.39, 0.29) is 0 Å². The van der Waals surface area contributed by atoms with Gasteiger partial charge in [0, 0.05) is 0 Å². The molecule has 0 rings (SSSR count). The minimum Gasteiger partial charge on any atom is -0.225 e. The standard InChI is InChI=1S/C9H18N2/c1-8(2)5-10-7-11-6-9(3)4/h8-9H,5-6H2,1-4H3. The molecule has 0 bridgehead atoms. The molecular formula is C9H18N2. The van der Waals surface area contributed by atoms with Gasteiger partial charge in [-0.15, -0.1) is 0 Å². The summed E-state index contributed by atoms with van der Waals surface area (Å²) in [5, 5.41) is 0. The fourth-order valence-corrected chi connectivity index (χ4v) is 0.497. The minimum atomic E-state index is 0.608. The minimum absolute atomic E-state index is 0.608. The van der Waals surface area contributed by atoms with Gasteiger partial charge in [-0.2, -0.15) is 0 Å². The number of nitrogens with zero attached hydrogens (tertiary/aromatic N) is 2. The Kier molecular flexibility index (Phi) is 5.77. The first-order valence-corrected chi connectivity index (χ1v) is 4.21. The quantitative estimate of drug-likeness (QED) is 0.556. The van der Waals surface area contributed by atoms with Gasteiger partial charge in [0.25, 0.3) is 0 Å². The van der Waals surface area contributed by atoms with E-state index in [1.807, 2.05) is 0 Å². The van der Waals surface area contributed by atoms with E-state index < -0.39 is 0 Å². The van der Waals surface area contributed by atoms with Gasteiger partial charge < -0.3 is 0 Å². The lowest BCUT2D eigenvalue weighted by Crippen LogP contribution is -1.92. The Morgan fingerprint density at radius 3 is 1.55 bits per heavy atom. The maximum Gasteiger partial charge on any atom is 0.0892 e. The maximum atomic E-state index is 4.03. The van der Waals surface area contributed by atoms with Crippen LogP contribution >= 0.6 is 0 Å². The molecule has 0 saturated heterocycles. The van der Waals surface area contributed by atoms with Crippen LogP contribution in [0.3, 0.4) is 0 Å². The number of hydrogen-bond donors (Lipinski definition) is 0. The molecule has 64 valence electrons. The van der Waals surface area contributed by atoms with Gasteiger partial charge in [0.05, 0.1) is 19.1 Å². The monoisotopic (exact) mass is 154 g/mol. The van der Waals surface area contributed by atoms with Gasteiger partial charge >= 0.3 is 0 Å². The van der Waals surface area contributed by atoms with Crippen LogP contribution in [-0.2, 0) is 0 Å². The van der Waals surface area contributed by atoms with Crippen molar-refractivity contribution < 1.29 is 0 Å². The van der Waals surface area contributed by atoms with Crippen molar-refractivity contribution in [2.24, 2.45) is 21.8 Å². The molecule has 0 atom stereocenters. The zero-order chi connectivity index (χ0) is 8.69. The molecule has 0 aliphatic heterocycles. The van der Waals surface area contributed by atoms with Crippen LogP contribution < -0.4 is 0 Å². The third-order valence-corrected chi connectivity index (χ3v) is 1.05. The summed E-state index contributed by atoms with van der Waals surface area (Å²) in [7, 11) is 0. The average molecular weight is 154 g/mol. The van der Waals surface area contributed by atoms with Crippen LogP contribution in [0.1, 0.15) is 27.7 Å². The Balaban J connectivity index is 3.47. The predicted molar refractivity (Wildman–Crippen MR) is 49.3 cm³/mol. The van der Waals surface area contributed by atoms with Crippen molar-refractivity contribution in [2.45, 2.75) is 27.7 Å². The normalized spacial score (nSPS) is 10.0. The predicted octanol–water partition coefficient (Wildman–Crippen LogP) is 2.47. The lowest BCUT2D eigenvalue weighted by atomic mass is 10.2. The van der Waals surface area contributed by atoms with Crippen molar-refractivity contribution in [1.82, 2.24) is 0 Å². The molecule has 0 amide bonds. The van der Waals surface area contributed by atoms with Crippen LogP contribution in [0.5, 0.6) is 0 Å². The number of hydrogen-bond acceptors (Lipinski definition) is 2. The Hall–Kier alpha value is -0.620. The van der Waals surface area contributed by atoms with Crippen LogP contribution in [0.25, 0.3) is 0 Å². The average Bonchev–Trinajstić information content (AvgIpc) is 1.85. The fourth-order valence-electron chi connectivity index (χ4n) is 0.497. The van der Waals surface area contributed by atoms with Crippen molar-refractivity contribution in [1.29, 1.82) is 0 Å². The summed E-state index contributed by atoms with van der Waals surface area (Å²) in [6.07, 6.45) is 0. The maximum absolute atomic E-state index is 4.03. The highest BCUT2D eigenvalue weighted by Gasteiger charge is 1.88. The van der Waals surface area contributed by atoms with Crippen molar-refractivity contribution in [2.75, 3.05) is 13.1 Å². The van der Waals surface area contributed by atoms with Gasteiger partial charge in [-0.05, 0) is 11.8 Å². The van der Waals surface area contributed by atoms with Gasteiger partial charge in [0.1, 0.15) is 0 Å². The number of rotatable bonds is 4. The molecule has 0 heterocycles. The van der Waals surface area contributed by atoms with Gasteiger partial charge in [0.2, 0.25) is 0 Å². The molecule has 0 aromatic rings. The van der Waals surface area contributed by atoms with Crippen LogP contribution in [0.4, 0.5) is 0 Å². The molecule has 0 aliphatic carbocycles. The first kappa shape index (κ1) is 10.4. The Bertz CT molecular complexity index is 128. The van der Waals surface area contributed by atoms with Crippen molar-refractivity contribution in [3.8, 4) is 0 Å². The number of aliphatic imine (C=N–C) groups is 2. The zero-order valence-corrected chi connectivity index (χ0v) is 7.96. The molecule has 0 aromatic heterocycles. The summed E-state index contributed by atoms with van der Waals surface area (Å²) in [4.78, 5) is 8.05. The van der Waals surface area contributed by atoms with Crippen molar-refractivity contribution in [3.63, 3.8) is 0 Å². The van der Waals surface area contributed by atoms with E-state index in [9.17, 15) is 0 Å². The van der Waals surface area contributed by atoms with E-state index in [4.69, 9.17) is 0 Å². The molecule has 0 unspecified atom stereocenters. The first-order chi connectivity index (χ1) is 5.13. The Labute approximate surface area is 69.4 Å². The lowest BCUT2D eigenvalue weighted by Gasteiger charge is -1.94. The lowest BCUT2D eigenvalue weighted by molar-refractivity contribution is 0.659. The highest BCUT2D eigenvalue weighted by Crippen LogP contribution is 1.91. The highest BCUT2D eigenvalue weighted by molar-refractivity contribution is 5.40. The molecule has 11 heavy (non-hydrogen) atoms. The second-order valence-electron chi connectivity index (χ2n) is 3.57. The molecular weight excluding hydrogens is 136 g/mol. The molecule has 2 nitrogen and oxygen atoms in total. The molecule has 0 aromatic carbocycles. The summed E-state index contributed by atoms with van der Waals surface area (Å²) in [5.41, 5.74) is 0. The Morgan fingerprint density at radius 1 is 0.909 bits per heavy atom. The highest BCUT2D eigenvalue weighted by atomic mass is 14.8. The van der Waals surface area contributed by atoms with E-state index in [1.54, 1.807) is 0 Å². The second kappa shape index (κ2) is 6.11. The topological polar surface area (TPSA) is 24.7 Å². The van der Waals surface area contributed by atoms with E-state index in [2.05, 4.69) is 43.7 Å². The molecule has 0 aliphatic rings. The largest absolute Gasteiger partial charge is 0.225 e. The zero-order valence-electron chi connectivity index (χ0n) is 7.96. The van der Waals surface area contributed by atoms with Gasteiger partial charge in [-0.1, -0.05) is 27.7 Å². The van der Waals surface area contributed by atoms with Crippen LogP contribution in [0.15, 0.2) is 9.98 Å². The molecule has 0 saturated carbocycles. The van der Waals surface area contributed by atoms with E-state index in [0.29, 0.717) is 11.8 Å². The van der Waals surface area contributed by atoms with Crippen molar-refractivity contribution in [3.05, 3.63) is 0 Å². The first-order valence-electron chi connectivity index (χ1n) is 4.21. The van der Waals surface area contributed by atoms with Gasteiger partial charge in [-0.25, -0.2) is 9.98 Å². The third-order valence-electron chi connectivity index (χ3n) is 1.05. The fraction of sp³-hybridized carbons (Fsp3) is 0.889. The van der Waals surface area contributed by atoms with E-state index in [1.165, 1.54) is 0 Å². The summed E-state index contributed by atoms with van der Waals surface area (Å²) in [6, 6.07) is 2.70. The Morgan fingerprint density at radius 2 is 1.27 bits per heavy atom. The summed E-state index contributed by atoms with van der Waals surface area (Å²) in [5.74, 6) is 1.22. The van der Waals surface area contributed by atoms with Gasteiger partial charge in [-0.3, -0.25) is 0 Å². The summed E-state index contributed by atoms with van der Waals surface area (Å²) >= 11 is 0. The van der Waals surface area contributed by atoms with Crippen LogP contribution in [-0.4, -0.2) is 19.1 Å². The summed E-state index contributed by atoms with van der Waals surface area (Å²) in [6.45, 7) is 10.2. The molecule has 0 radical (unpaired) electrons. The molecule has 0 N–H and O–H groups in total. The van der Waals surface area contributed by atoms with Crippen LogP contribution in [0, 0.1) is 11.8 Å². The summed E-state index contributed by atoms with van der Waals surface area (Å²) < 4.78 is 0.